The normalized spacial score (nSPS) is 15.5. The van der Waals surface area contributed by atoms with Crippen LogP contribution in [0, 0.1) is 5.82 Å². The van der Waals surface area contributed by atoms with E-state index in [4.69, 9.17) is 9.15 Å². The molecule has 162 valence electrons. The molecule has 1 aliphatic heterocycles. The number of nitrogens with one attached hydrogen (secondary N) is 1. The van der Waals surface area contributed by atoms with E-state index in [9.17, 15) is 9.18 Å². The lowest BCUT2D eigenvalue weighted by molar-refractivity contribution is -0.123. The number of nitrogens with zero attached hydrogens (tertiary/aromatic N) is 2. The molecule has 3 aromatic rings. The standard InChI is InChI=1S/C24H26FN3O3/c25-19-8-10-20(11-9-19)27-12-14-28(15-13-27)22(23-7-4-16-30-23)17-26-24(29)18-31-21-5-2-1-3-6-21/h1-11,16,22H,12-15,17-18H2,(H,26,29)/t22-/m1/s1. The first-order valence-corrected chi connectivity index (χ1v) is 10.4. The van der Waals surface area contributed by atoms with Crippen LogP contribution in [0.1, 0.15) is 11.8 Å². The first-order valence-electron chi connectivity index (χ1n) is 10.4. The Bertz CT molecular complexity index is 940. The Morgan fingerprint density at radius 3 is 2.42 bits per heavy atom. The van der Waals surface area contributed by atoms with E-state index < -0.39 is 0 Å². The van der Waals surface area contributed by atoms with Gasteiger partial charge in [0.15, 0.2) is 6.61 Å². The Morgan fingerprint density at radius 1 is 1.00 bits per heavy atom. The number of hydrogen-bond donors (Lipinski definition) is 1. The molecule has 0 radical (unpaired) electrons. The molecular weight excluding hydrogens is 397 g/mol. The van der Waals surface area contributed by atoms with E-state index in [1.807, 2.05) is 54.6 Å². The van der Waals surface area contributed by atoms with Crippen LogP contribution in [0.3, 0.4) is 0 Å². The van der Waals surface area contributed by atoms with E-state index in [2.05, 4.69) is 15.1 Å². The lowest BCUT2D eigenvalue weighted by atomic mass is 10.1. The van der Waals surface area contributed by atoms with Gasteiger partial charge in [-0.05, 0) is 48.5 Å². The summed E-state index contributed by atoms with van der Waals surface area (Å²) in [5, 5.41) is 2.97. The maximum atomic E-state index is 13.2. The number of para-hydroxylation sites is 1. The third-order valence-electron chi connectivity index (χ3n) is 5.42. The summed E-state index contributed by atoms with van der Waals surface area (Å²) >= 11 is 0. The van der Waals surface area contributed by atoms with Crippen molar-refractivity contribution in [3.63, 3.8) is 0 Å². The van der Waals surface area contributed by atoms with Crippen LogP contribution < -0.4 is 15.0 Å². The number of amides is 1. The summed E-state index contributed by atoms with van der Waals surface area (Å²) in [6.45, 7) is 3.63. The fraction of sp³-hybridized carbons (Fsp3) is 0.292. The summed E-state index contributed by atoms with van der Waals surface area (Å²) in [4.78, 5) is 16.9. The second kappa shape index (κ2) is 10.1. The van der Waals surface area contributed by atoms with Crippen LogP contribution >= 0.6 is 0 Å². The van der Waals surface area contributed by atoms with Gasteiger partial charge >= 0.3 is 0 Å². The van der Waals surface area contributed by atoms with Gasteiger partial charge in [0.05, 0.1) is 12.3 Å². The van der Waals surface area contributed by atoms with Crippen molar-refractivity contribution in [2.45, 2.75) is 6.04 Å². The lowest BCUT2D eigenvalue weighted by Gasteiger charge is -2.39. The number of ether oxygens (including phenoxy) is 1. The summed E-state index contributed by atoms with van der Waals surface area (Å²) in [6.07, 6.45) is 1.65. The number of anilines is 1. The second-order valence-electron chi connectivity index (χ2n) is 7.44. The average molecular weight is 423 g/mol. The maximum Gasteiger partial charge on any atom is 0.258 e. The highest BCUT2D eigenvalue weighted by Crippen LogP contribution is 2.24. The maximum absolute atomic E-state index is 13.2. The minimum absolute atomic E-state index is 0.0345. The van der Waals surface area contributed by atoms with Crippen LogP contribution in [0.25, 0.3) is 0 Å². The SMILES string of the molecule is O=C(COc1ccccc1)NC[C@H](c1ccco1)N1CCN(c2ccc(F)cc2)CC1. The van der Waals surface area contributed by atoms with Crippen molar-refractivity contribution in [1.82, 2.24) is 10.2 Å². The zero-order valence-corrected chi connectivity index (χ0v) is 17.2. The smallest absolute Gasteiger partial charge is 0.258 e. The molecule has 1 fully saturated rings. The molecule has 2 aromatic carbocycles. The molecular formula is C24H26FN3O3. The summed E-state index contributed by atoms with van der Waals surface area (Å²) < 4.78 is 24.4. The minimum atomic E-state index is -0.229. The summed E-state index contributed by atoms with van der Waals surface area (Å²) in [7, 11) is 0. The zero-order chi connectivity index (χ0) is 21.5. The van der Waals surface area contributed by atoms with E-state index in [-0.39, 0.29) is 24.4 Å². The molecule has 0 unspecified atom stereocenters. The van der Waals surface area contributed by atoms with Gasteiger partial charge in [-0.3, -0.25) is 9.69 Å². The first-order chi connectivity index (χ1) is 15.2. The minimum Gasteiger partial charge on any atom is -0.484 e. The molecule has 0 saturated carbocycles. The van der Waals surface area contributed by atoms with Crippen LogP contribution in [-0.2, 0) is 4.79 Å². The van der Waals surface area contributed by atoms with Gasteiger partial charge in [-0.1, -0.05) is 18.2 Å². The quantitative estimate of drug-likeness (QED) is 0.601. The van der Waals surface area contributed by atoms with Gasteiger partial charge in [-0.15, -0.1) is 0 Å². The van der Waals surface area contributed by atoms with Gasteiger partial charge in [-0.2, -0.15) is 0 Å². The van der Waals surface area contributed by atoms with E-state index in [1.54, 1.807) is 6.26 Å². The molecule has 2 heterocycles. The van der Waals surface area contributed by atoms with Gasteiger partial charge in [0.2, 0.25) is 0 Å². The van der Waals surface area contributed by atoms with Gasteiger partial charge in [0.25, 0.3) is 5.91 Å². The number of benzene rings is 2. The van der Waals surface area contributed by atoms with E-state index >= 15 is 0 Å². The van der Waals surface area contributed by atoms with Crippen LogP contribution in [-0.4, -0.2) is 50.1 Å². The van der Waals surface area contributed by atoms with Crippen LogP contribution in [0.5, 0.6) is 5.75 Å². The molecule has 1 atom stereocenters. The lowest BCUT2D eigenvalue weighted by Crippen LogP contribution is -2.50. The molecule has 7 heteroatoms. The number of piperazine rings is 1. The van der Waals surface area contributed by atoms with E-state index in [0.29, 0.717) is 12.3 Å². The predicted octanol–water partition coefficient (Wildman–Crippen LogP) is 3.48. The Kier molecular flexibility index (Phi) is 6.84. The Morgan fingerprint density at radius 2 is 1.74 bits per heavy atom. The molecule has 1 saturated heterocycles. The van der Waals surface area contributed by atoms with Crippen molar-refractivity contribution in [3.8, 4) is 5.75 Å². The number of furan rings is 1. The summed E-state index contributed by atoms with van der Waals surface area (Å²) in [5.74, 6) is 1.08. The third kappa shape index (κ3) is 5.64. The van der Waals surface area contributed by atoms with E-state index in [1.165, 1.54) is 12.1 Å². The molecule has 1 amide bonds. The highest BCUT2D eigenvalue weighted by Gasteiger charge is 2.27. The monoisotopic (exact) mass is 423 g/mol. The van der Waals surface area contributed by atoms with Gasteiger partial charge in [-0.25, -0.2) is 4.39 Å². The Hall–Kier alpha value is -3.32. The van der Waals surface area contributed by atoms with Crippen LogP contribution in [0.2, 0.25) is 0 Å². The highest BCUT2D eigenvalue weighted by atomic mass is 19.1. The molecule has 4 rings (SSSR count). The van der Waals surface area contributed by atoms with E-state index in [0.717, 1.165) is 37.6 Å². The van der Waals surface area contributed by atoms with Crippen molar-refractivity contribution < 1.29 is 18.3 Å². The van der Waals surface area contributed by atoms with Crippen molar-refractivity contribution >= 4 is 11.6 Å². The number of carbonyl (C=O) groups excluding carboxylic acids is 1. The first kappa shape index (κ1) is 20.9. The Labute approximate surface area is 181 Å². The van der Waals surface area contributed by atoms with Crippen LogP contribution in [0.4, 0.5) is 10.1 Å². The van der Waals surface area contributed by atoms with Gasteiger partial charge in [0, 0.05) is 38.4 Å². The summed E-state index contributed by atoms with van der Waals surface area (Å²) in [5.41, 5.74) is 1.02. The molecule has 0 bridgehead atoms. The average Bonchev–Trinajstić information content (AvgIpc) is 3.34. The fourth-order valence-electron chi connectivity index (χ4n) is 3.76. The van der Waals surface area contributed by atoms with Crippen molar-refractivity contribution in [3.05, 3.63) is 84.6 Å². The fourth-order valence-corrected chi connectivity index (χ4v) is 3.76. The Balaban J connectivity index is 1.32. The second-order valence-corrected chi connectivity index (χ2v) is 7.44. The molecule has 1 aromatic heterocycles. The molecule has 31 heavy (non-hydrogen) atoms. The number of halogens is 1. The number of hydrogen-bond acceptors (Lipinski definition) is 5. The largest absolute Gasteiger partial charge is 0.484 e. The molecule has 0 aliphatic carbocycles. The summed E-state index contributed by atoms with van der Waals surface area (Å²) in [6, 6.07) is 19.6. The van der Waals surface area contributed by atoms with Crippen LogP contribution in [0.15, 0.2) is 77.4 Å². The molecule has 0 spiro atoms. The van der Waals surface area contributed by atoms with Gasteiger partial charge in [0.1, 0.15) is 17.3 Å². The zero-order valence-electron chi connectivity index (χ0n) is 17.2. The molecule has 6 nitrogen and oxygen atoms in total. The topological polar surface area (TPSA) is 58.0 Å². The predicted molar refractivity (Wildman–Crippen MR) is 117 cm³/mol. The highest BCUT2D eigenvalue weighted by molar-refractivity contribution is 5.77. The van der Waals surface area contributed by atoms with Gasteiger partial charge < -0.3 is 19.4 Å². The molecule has 1 aliphatic rings. The number of carbonyl (C=O) groups is 1. The van der Waals surface area contributed by atoms with Crippen molar-refractivity contribution in [2.24, 2.45) is 0 Å². The van der Waals surface area contributed by atoms with Crippen molar-refractivity contribution in [1.29, 1.82) is 0 Å². The molecule has 1 N–H and O–H groups in total. The third-order valence-corrected chi connectivity index (χ3v) is 5.42. The van der Waals surface area contributed by atoms with Crippen molar-refractivity contribution in [2.75, 3.05) is 44.2 Å². The number of rotatable bonds is 8.